The number of likely N-dealkylation sites (tertiary alicyclic amines) is 1. The smallest absolute Gasteiger partial charge is 0.329 e. The van der Waals surface area contributed by atoms with Crippen LogP contribution in [0.5, 0.6) is 5.75 Å². The van der Waals surface area contributed by atoms with Gasteiger partial charge in [0.2, 0.25) is 11.8 Å². The molecule has 1 unspecified atom stereocenters. The second kappa shape index (κ2) is 18.0. The molecule has 0 aromatic heterocycles. The van der Waals surface area contributed by atoms with Crippen LogP contribution in [0.3, 0.4) is 0 Å². The zero-order valence-electron chi connectivity index (χ0n) is 28.7. The Morgan fingerprint density at radius 1 is 0.979 bits per heavy atom. The van der Waals surface area contributed by atoms with E-state index in [2.05, 4.69) is 10.6 Å². The maximum atomic E-state index is 14.1. The Balaban J connectivity index is 1.44. The molecule has 1 aliphatic heterocycles. The van der Waals surface area contributed by atoms with Gasteiger partial charge in [0, 0.05) is 18.6 Å². The summed E-state index contributed by atoms with van der Waals surface area (Å²) in [6, 6.07) is 14.9. The van der Waals surface area contributed by atoms with Crippen LogP contribution >= 0.6 is 0 Å². The molecular formula is C37H52N4O7. The summed E-state index contributed by atoms with van der Waals surface area (Å²) in [7, 11) is 0. The van der Waals surface area contributed by atoms with Crippen LogP contribution in [0.1, 0.15) is 70.9 Å². The first kappa shape index (κ1) is 36.9. The van der Waals surface area contributed by atoms with Gasteiger partial charge in [-0.3, -0.25) is 19.7 Å². The van der Waals surface area contributed by atoms with Crippen molar-refractivity contribution in [2.45, 2.75) is 109 Å². The minimum absolute atomic E-state index is 0.0490. The van der Waals surface area contributed by atoms with Crippen molar-refractivity contribution in [3.05, 3.63) is 65.7 Å². The van der Waals surface area contributed by atoms with Gasteiger partial charge in [0.1, 0.15) is 30.5 Å². The van der Waals surface area contributed by atoms with Gasteiger partial charge in [0.05, 0.1) is 19.1 Å². The Morgan fingerprint density at radius 3 is 2.38 bits per heavy atom. The van der Waals surface area contributed by atoms with Crippen LogP contribution in [0.2, 0.25) is 0 Å². The van der Waals surface area contributed by atoms with Crippen LogP contribution in [0.25, 0.3) is 0 Å². The Labute approximate surface area is 284 Å². The first-order chi connectivity index (χ1) is 23.0. The molecule has 2 aliphatic rings. The zero-order valence-corrected chi connectivity index (χ0v) is 28.7. The molecule has 48 heavy (non-hydrogen) atoms. The molecule has 1 saturated carbocycles. The number of ether oxygens (including phenoxy) is 3. The molecule has 2 aromatic carbocycles. The number of carbonyl (C=O) groups is 4. The average Bonchev–Trinajstić information content (AvgIpc) is 3.67. The van der Waals surface area contributed by atoms with E-state index in [1.807, 2.05) is 44.2 Å². The number of nitrogens with one attached hydrogen (secondary N) is 2. The van der Waals surface area contributed by atoms with Gasteiger partial charge in [0.25, 0.3) is 0 Å². The third-order valence-corrected chi connectivity index (χ3v) is 9.10. The highest BCUT2D eigenvalue weighted by atomic mass is 16.6. The number of primary amides is 1. The highest BCUT2D eigenvalue weighted by molar-refractivity contribution is 5.89. The molecule has 0 spiro atoms. The molecule has 0 bridgehead atoms. The standard InChI is InChI=1S/C37H52N4O7/c1-5-46-36(44)31(19-16-26-10-7-6-8-11-26)40-25(4)35(43)41-32-13-9-12-28(32)21-33(41)37(45)48-30(22-39-24(2)3)23-47-29-17-14-27(15-18-29)20-34(38)42/h6-8,10-11,14-15,17-18,24-25,28,30-33,39-40H,5,9,12-13,16,19-23H2,1-4H3,(H2,38,42)/t25-,28-,30?,31-,32-,33-/m0/s1. The predicted molar refractivity (Wildman–Crippen MR) is 182 cm³/mol. The monoisotopic (exact) mass is 664 g/mol. The van der Waals surface area contributed by atoms with E-state index >= 15 is 0 Å². The van der Waals surface area contributed by atoms with Crippen molar-refractivity contribution < 1.29 is 33.4 Å². The maximum Gasteiger partial charge on any atom is 0.329 e. The highest BCUT2D eigenvalue weighted by Crippen LogP contribution is 2.42. The van der Waals surface area contributed by atoms with Crippen LogP contribution in [-0.4, -0.2) is 84.7 Å². The van der Waals surface area contributed by atoms with Crippen molar-refractivity contribution in [2.75, 3.05) is 19.8 Å². The summed E-state index contributed by atoms with van der Waals surface area (Å²) in [5.74, 6) is -0.681. The summed E-state index contributed by atoms with van der Waals surface area (Å²) < 4.78 is 17.4. The number of nitrogens with zero attached hydrogens (tertiary/aromatic N) is 1. The molecule has 2 aromatic rings. The fourth-order valence-corrected chi connectivity index (χ4v) is 6.72. The molecule has 6 atom stereocenters. The van der Waals surface area contributed by atoms with E-state index in [-0.39, 0.29) is 43.5 Å². The number of benzene rings is 2. The molecule has 1 saturated heterocycles. The van der Waals surface area contributed by atoms with Gasteiger partial charge in [-0.1, -0.05) is 62.7 Å². The normalized spacial score (nSPS) is 20.5. The second-order valence-corrected chi connectivity index (χ2v) is 13.2. The largest absolute Gasteiger partial charge is 0.490 e. The van der Waals surface area contributed by atoms with Crippen molar-refractivity contribution in [1.82, 2.24) is 15.5 Å². The summed E-state index contributed by atoms with van der Waals surface area (Å²) in [4.78, 5) is 53.9. The number of nitrogens with two attached hydrogens (primary N) is 1. The minimum atomic E-state index is -0.725. The van der Waals surface area contributed by atoms with E-state index in [9.17, 15) is 19.2 Å². The molecule has 11 heteroatoms. The average molecular weight is 665 g/mol. The topological polar surface area (TPSA) is 149 Å². The molecule has 4 N–H and O–H groups in total. The van der Waals surface area contributed by atoms with Crippen molar-refractivity contribution in [2.24, 2.45) is 11.7 Å². The number of rotatable bonds is 18. The van der Waals surface area contributed by atoms with Gasteiger partial charge >= 0.3 is 11.9 Å². The number of carbonyl (C=O) groups excluding carboxylic acids is 4. The lowest BCUT2D eigenvalue weighted by molar-refractivity contribution is -0.161. The van der Waals surface area contributed by atoms with Crippen LogP contribution in [-0.2, 0) is 41.5 Å². The zero-order chi connectivity index (χ0) is 34.6. The van der Waals surface area contributed by atoms with Crippen molar-refractivity contribution in [3.8, 4) is 5.75 Å². The summed E-state index contributed by atoms with van der Waals surface area (Å²) in [5, 5.41) is 6.56. The number of amides is 2. The first-order valence-electron chi connectivity index (χ1n) is 17.3. The lowest BCUT2D eigenvalue weighted by Gasteiger charge is -2.33. The molecular weight excluding hydrogens is 612 g/mol. The lowest BCUT2D eigenvalue weighted by Crippen LogP contribution is -2.56. The van der Waals surface area contributed by atoms with E-state index < -0.39 is 42.1 Å². The minimum Gasteiger partial charge on any atom is -0.490 e. The first-order valence-corrected chi connectivity index (χ1v) is 17.3. The van der Waals surface area contributed by atoms with Crippen LogP contribution in [0.15, 0.2) is 54.6 Å². The third kappa shape index (κ3) is 10.5. The molecule has 4 rings (SSSR count). The molecule has 2 fully saturated rings. The molecule has 1 heterocycles. The molecule has 262 valence electrons. The van der Waals surface area contributed by atoms with Gasteiger partial charge < -0.3 is 30.2 Å². The molecule has 1 aliphatic carbocycles. The fraction of sp³-hybridized carbons (Fsp3) is 0.568. The molecule has 11 nitrogen and oxygen atoms in total. The van der Waals surface area contributed by atoms with E-state index in [0.29, 0.717) is 31.6 Å². The molecule has 0 radical (unpaired) electrons. The van der Waals surface area contributed by atoms with Gasteiger partial charge in [-0.25, -0.2) is 4.79 Å². The van der Waals surface area contributed by atoms with E-state index in [0.717, 1.165) is 30.4 Å². The summed E-state index contributed by atoms with van der Waals surface area (Å²) in [6.45, 7) is 8.25. The van der Waals surface area contributed by atoms with Gasteiger partial charge in [-0.05, 0) is 75.1 Å². The second-order valence-electron chi connectivity index (χ2n) is 13.2. The lowest BCUT2D eigenvalue weighted by atomic mass is 10.0. The number of hydrogen-bond acceptors (Lipinski definition) is 9. The fourth-order valence-electron chi connectivity index (χ4n) is 6.72. The predicted octanol–water partition coefficient (Wildman–Crippen LogP) is 3.32. The summed E-state index contributed by atoms with van der Waals surface area (Å²) in [5.41, 5.74) is 7.17. The van der Waals surface area contributed by atoms with Gasteiger partial charge in [-0.2, -0.15) is 0 Å². The highest BCUT2D eigenvalue weighted by Gasteiger charge is 2.50. The Morgan fingerprint density at radius 2 is 1.71 bits per heavy atom. The number of esters is 2. The Hall–Kier alpha value is -3.96. The number of fused-ring (bicyclic) bond motifs is 1. The van der Waals surface area contributed by atoms with Crippen molar-refractivity contribution in [1.29, 1.82) is 0 Å². The van der Waals surface area contributed by atoms with E-state index in [4.69, 9.17) is 19.9 Å². The Kier molecular flexibility index (Phi) is 13.8. The SMILES string of the molecule is CCOC(=O)[C@H](CCc1ccccc1)N[C@@H](C)C(=O)N1[C@H](C(=O)OC(CNC(C)C)COc2ccc(CC(N)=O)cc2)C[C@@H]2CCC[C@@H]21. The Bertz CT molecular complexity index is 1350. The van der Waals surface area contributed by atoms with E-state index in [1.54, 1.807) is 43.0 Å². The van der Waals surface area contributed by atoms with Crippen LogP contribution in [0.4, 0.5) is 0 Å². The maximum absolute atomic E-state index is 14.1. The van der Waals surface area contributed by atoms with Crippen LogP contribution < -0.4 is 21.1 Å². The molecule has 2 amide bonds. The van der Waals surface area contributed by atoms with E-state index in [1.165, 1.54) is 0 Å². The summed E-state index contributed by atoms with van der Waals surface area (Å²) >= 11 is 0. The van der Waals surface area contributed by atoms with Crippen molar-refractivity contribution >= 4 is 23.8 Å². The van der Waals surface area contributed by atoms with Gasteiger partial charge in [-0.15, -0.1) is 0 Å². The quantitative estimate of drug-likeness (QED) is 0.204. The van der Waals surface area contributed by atoms with Crippen LogP contribution in [0, 0.1) is 5.92 Å². The third-order valence-electron chi connectivity index (χ3n) is 9.10. The summed E-state index contributed by atoms with van der Waals surface area (Å²) in [6.07, 6.45) is 3.98. The number of aryl methyl sites for hydroxylation is 1. The van der Waals surface area contributed by atoms with Gasteiger partial charge in [0.15, 0.2) is 0 Å². The van der Waals surface area contributed by atoms with Crippen molar-refractivity contribution in [3.63, 3.8) is 0 Å². The number of hydrogen-bond donors (Lipinski definition) is 3.